The van der Waals surface area contributed by atoms with Crippen molar-refractivity contribution in [2.45, 2.75) is 37.6 Å². The predicted octanol–water partition coefficient (Wildman–Crippen LogP) is 2.17. The van der Waals surface area contributed by atoms with Gasteiger partial charge in [0.15, 0.2) is 0 Å². The van der Waals surface area contributed by atoms with E-state index in [9.17, 15) is 0 Å². The molecule has 88 valence electrons. The number of hydrogen-bond acceptors (Lipinski definition) is 4. The molecule has 0 unspecified atom stereocenters. The van der Waals surface area contributed by atoms with Crippen molar-refractivity contribution in [2.75, 3.05) is 6.61 Å². The van der Waals surface area contributed by atoms with E-state index in [1.807, 2.05) is 0 Å². The van der Waals surface area contributed by atoms with E-state index in [4.69, 9.17) is 22.1 Å². The molecule has 0 aromatic carbocycles. The fourth-order valence-corrected chi connectivity index (χ4v) is 2.18. The Morgan fingerprint density at radius 2 is 2.12 bits per heavy atom. The number of ether oxygens (including phenoxy) is 1. The first-order chi connectivity index (χ1) is 7.70. The summed E-state index contributed by atoms with van der Waals surface area (Å²) < 4.78 is 5.57. The van der Waals surface area contributed by atoms with Crippen LogP contribution in [0.4, 0.5) is 0 Å². The van der Waals surface area contributed by atoms with E-state index in [0.717, 1.165) is 12.8 Å². The Labute approximate surface area is 100 Å². The molecule has 1 aromatic heterocycles. The second-order valence-corrected chi connectivity index (χ2v) is 4.79. The van der Waals surface area contributed by atoms with Crippen molar-refractivity contribution < 1.29 is 4.74 Å². The van der Waals surface area contributed by atoms with E-state index in [1.54, 1.807) is 0 Å². The lowest BCUT2D eigenvalue weighted by molar-refractivity contribution is 0.169. The number of hydrogen-bond donors (Lipinski definition) is 1. The minimum Gasteiger partial charge on any atom is -0.475 e. The molecule has 0 atom stereocenters. The van der Waals surface area contributed by atoms with Crippen molar-refractivity contribution in [3.05, 3.63) is 17.5 Å². The summed E-state index contributed by atoms with van der Waals surface area (Å²) in [6.07, 6.45) is 8.59. The topological polar surface area (TPSA) is 61.0 Å². The van der Waals surface area contributed by atoms with Gasteiger partial charge in [0.25, 0.3) is 0 Å². The summed E-state index contributed by atoms with van der Waals surface area (Å²) in [7, 11) is 0. The van der Waals surface area contributed by atoms with Gasteiger partial charge < -0.3 is 10.5 Å². The third kappa shape index (κ3) is 2.83. The van der Waals surface area contributed by atoms with Gasteiger partial charge >= 0.3 is 0 Å². The molecule has 16 heavy (non-hydrogen) atoms. The molecule has 1 heterocycles. The second-order valence-electron chi connectivity index (χ2n) is 4.39. The van der Waals surface area contributed by atoms with Crippen molar-refractivity contribution >= 4 is 11.6 Å². The highest BCUT2D eigenvalue weighted by Crippen LogP contribution is 2.27. The van der Waals surface area contributed by atoms with Gasteiger partial charge in [0, 0.05) is 0 Å². The minimum atomic E-state index is -0.216. The van der Waals surface area contributed by atoms with Gasteiger partial charge in [0.05, 0.1) is 11.7 Å². The molecule has 5 heteroatoms. The van der Waals surface area contributed by atoms with Crippen LogP contribution in [0.1, 0.15) is 32.1 Å². The van der Waals surface area contributed by atoms with Crippen LogP contribution in [0.5, 0.6) is 5.88 Å². The summed E-state index contributed by atoms with van der Waals surface area (Å²) in [5.74, 6) is 0.423. The first-order valence-electron chi connectivity index (χ1n) is 5.57. The standard InChI is InChI=1S/C11H16ClN3O/c12-9-6-14-8-15-10(9)16-7-11(13)4-2-1-3-5-11/h6,8H,1-5,7,13H2. The number of halogens is 1. The van der Waals surface area contributed by atoms with Gasteiger partial charge in [-0.15, -0.1) is 0 Å². The third-order valence-corrected chi connectivity index (χ3v) is 3.24. The molecule has 0 spiro atoms. The van der Waals surface area contributed by atoms with Crippen molar-refractivity contribution in [1.82, 2.24) is 9.97 Å². The van der Waals surface area contributed by atoms with Crippen LogP contribution in [0.25, 0.3) is 0 Å². The van der Waals surface area contributed by atoms with Gasteiger partial charge in [0.2, 0.25) is 5.88 Å². The monoisotopic (exact) mass is 241 g/mol. The summed E-state index contributed by atoms with van der Waals surface area (Å²) >= 11 is 5.90. The van der Waals surface area contributed by atoms with Gasteiger partial charge in [-0.3, -0.25) is 0 Å². The number of rotatable bonds is 3. The van der Waals surface area contributed by atoms with E-state index < -0.39 is 0 Å². The zero-order valence-corrected chi connectivity index (χ0v) is 9.91. The highest BCUT2D eigenvalue weighted by Gasteiger charge is 2.28. The van der Waals surface area contributed by atoms with Gasteiger partial charge in [-0.25, -0.2) is 9.97 Å². The van der Waals surface area contributed by atoms with E-state index in [-0.39, 0.29) is 5.54 Å². The van der Waals surface area contributed by atoms with E-state index >= 15 is 0 Å². The summed E-state index contributed by atoms with van der Waals surface area (Å²) in [5.41, 5.74) is 6.03. The van der Waals surface area contributed by atoms with Crippen LogP contribution in [0.2, 0.25) is 5.02 Å². The second kappa shape index (κ2) is 4.97. The van der Waals surface area contributed by atoms with E-state index in [1.165, 1.54) is 31.8 Å². The minimum absolute atomic E-state index is 0.216. The Morgan fingerprint density at radius 3 is 2.81 bits per heavy atom. The lowest BCUT2D eigenvalue weighted by Crippen LogP contribution is -2.47. The first kappa shape index (κ1) is 11.6. The molecule has 2 rings (SSSR count). The molecule has 1 aliphatic rings. The molecular formula is C11H16ClN3O. The Kier molecular flexibility index (Phi) is 3.61. The quantitative estimate of drug-likeness (QED) is 0.881. The van der Waals surface area contributed by atoms with Crippen molar-refractivity contribution in [3.8, 4) is 5.88 Å². The van der Waals surface area contributed by atoms with Crippen molar-refractivity contribution in [1.29, 1.82) is 0 Å². The Hall–Kier alpha value is -0.870. The molecule has 0 saturated heterocycles. The lowest BCUT2D eigenvalue weighted by atomic mass is 9.83. The largest absolute Gasteiger partial charge is 0.475 e. The molecule has 0 amide bonds. The average Bonchev–Trinajstić information content (AvgIpc) is 2.29. The molecular weight excluding hydrogens is 226 g/mol. The highest BCUT2D eigenvalue weighted by molar-refractivity contribution is 6.31. The third-order valence-electron chi connectivity index (χ3n) is 2.98. The van der Waals surface area contributed by atoms with Gasteiger partial charge in [0.1, 0.15) is 18.0 Å². The summed E-state index contributed by atoms with van der Waals surface area (Å²) in [6.45, 7) is 0.476. The summed E-state index contributed by atoms with van der Waals surface area (Å²) in [6, 6.07) is 0. The summed E-state index contributed by atoms with van der Waals surface area (Å²) in [4.78, 5) is 7.78. The molecule has 1 saturated carbocycles. The number of nitrogens with zero attached hydrogens (tertiary/aromatic N) is 2. The SMILES string of the molecule is NC1(COc2ncncc2Cl)CCCCC1. The van der Waals surface area contributed by atoms with Crippen molar-refractivity contribution in [2.24, 2.45) is 5.73 Å². The fourth-order valence-electron chi connectivity index (χ4n) is 2.02. The normalized spacial score (nSPS) is 19.4. The Balaban J connectivity index is 1.94. The van der Waals surface area contributed by atoms with Gasteiger partial charge in [-0.2, -0.15) is 0 Å². The zero-order chi connectivity index (χ0) is 11.4. The molecule has 1 aromatic rings. The molecule has 4 nitrogen and oxygen atoms in total. The lowest BCUT2D eigenvalue weighted by Gasteiger charge is -2.32. The highest BCUT2D eigenvalue weighted by atomic mass is 35.5. The molecule has 2 N–H and O–H groups in total. The number of aromatic nitrogens is 2. The van der Waals surface area contributed by atoms with E-state index in [0.29, 0.717) is 17.5 Å². The van der Waals surface area contributed by atoms with Crippen LogP contribution < -0.4 is 10.5 Å². The molecule has 1 fully saturated rings. The van der Waals surface area contributed by atoms with Crippen LogP contribution in [-0.2, 0) is 0 Å². The molecule has 0 radical (unpaired) electrons. The maximum atomic E-state index is 6.25. The van der Waals surface area contributed by atoms with Gasteiger partial charge in [-0.1, -0.05) is 30.9 Å². The molecule has 0 bridgehead atoms. The molecule has 0 aliphatic heterocycles. The predicted molar refractivity (Wildman–Crippen MR) is 62.5 cm³/mol. The Morgan fingerprint density at radius 1 is 1.38 bits per heavy atom. The van der Waals surface area contributed by atoms with Crippen LogP contribution in [0.3, 0.4) is 0 Å². The summed E-state index contributed by atoms with van der Waals surface area (Å²) in [5, 5.41) is 0.432. The van der Waals surface area contributed by atoms with Crippen molar-refractivity contribution in [3.63, 3.8) is 0 Å². The maximum Gasteiger partial charge on any atom is 0.235 e. The maximum absolute atomic E-state index is 6.25. The fraction of sp³-hybridized carbons (Fsp3) is 0.636. The van der Waals surface area contributed by atoms with Gasteiger partial charge in [-0.05, 0) is 12.8 Å². The average molecular weight is 242 g/mol. The van der Waals surface area contributed by atoms with Crippen LogP contribution in [0.15, 0.2) is 12.5 Å². The van der Waals surface area contributed by atoms with Crippen LogP contribution in [0, 0.1) is 0 Å². The smallest absolute Gasteiger partial charge is 0.235 e. The molecule has 1 aliphatic carbocycles. The first-order valence-corrected chi connectivity index (χ1v) is 5.95. The van der Waals surface area contributed by atoms with Crippen LogP contribution >= 0.6 is 11.6 Å². The van der Waals surface area contributed by atoms with E-state index in [2.05, 4.69) is 9.97 Å². The Bertz CT molecular complexity index is 353. The van der Waals surface area contributed by atoms with Crippen LogP contribution in [-0.4, -0.2) is 22.1 Å². The number of nitrogens with two attached hydrogens (primary N) is 1. The zero-order valence-electron chi connectivity index (χ0n) is 9.16.